The summed E-state index contributed by atoms with van der Waals surface area (Å²) in [6.07, 6.45) is 0. The average molecular weight is 405 g/mol. The van der Waals surface area contributed by atoms with Gasteiger partial charge in [0.05, 0.1) is 22.8 Å². The Morgan fingerprint density at radius 3 is 2.36 bits per heavy atom. The molecular formula is C23H14Cl2N2O. The van der Waals surface area contributed by atoms with E-state index in [-0.39, 0.29) is 5.88 Å². The van der Waals surface area contributed by atoms with Crippen LogP contribution in [0.4, 0.5) is 0 Å². The highest BCUT2D eigenvalue weighted by Gasteiger charge is 2.19. The predicted octanol–water partition coefficient (Wildman–Crippen LogP) is 6.71. The molecule has 0 N–H and O–H groups in total. The standard InChI is InChI=1S/C23H14Cl2N2O/c1-28-23-19(13-26)18(15-8-10-20(24)21(25)11-15)12-22(27-23)17-9-7-14-5-3-2-4-6-16(14)17/h2-12H,1H3. The first-order valence-corrected chi connectivity index (χ1v) is 9.30. The van der Waals surface area contributed by atoms with Gasteiger partial charge in [0, 0.05) is 11.1 Å². The van der Waals surface area contributed by atoms with Gasteiger partial charge in [0.2, 0.25) is 5.88 Å². The summed E-state index contributed by atoms with van der Waals surface area (Å²) in [7, 11) is 1.51. The number of hydrogen-bond donors (Lipinski definition) is 0. The van der Waals surface area contributed by atoms with Gasteiger partial charge in [0.25, 0.3) is 0 Å². The molecule has 0 fully saturated rings. The molecule has 1 aromatic carbocycles. The maximum Gasteiger partial charge on any atom is 0.232 e. The van der Waals surface area contributed by atoms with Crippen LogP contribution in [0.2, 0.25) is 10.0 Å². The first-order chi connectivity index (χ1) is 13.6. The Bertz CT molecular complexity index is 1200. The van der Waals surface area contributed by atoms with Crippen LogP contribution in [0, 0.1) is 11.3 Å². The molecule has 2 aromatic rings. The van der Waals surface area contributed by atoms with Gasteiger partial charge in [0.15, 0.2) is 0 Å². The molecule has 0 atom stereocenters. The molecule has 28 heavy (non-hydrogen) atoms. The van der Waals surface area contributed by atoms with Gasteiger partial charge >= 0.3 is 0 Å². The molecular weight excluding hydrogens is 391 g/mol. The number of methoxy groups -OCH3 is 1. The molecule has 1 aromatic heterocycles. The Kier molecular flexibility index (Phi) is 4.92. The number of aromatic nitrogens is 1. The molecule has 5 heteroatoms. The van der Waals surface area contributed by atoms with Gasteiger partial charge in [0.1, 0.15) is 11.6 Å². The molecule has 0 bridgehead atoms. The summed E-state index contributed by atoms with van der Waals surface area (Å²) in [4.78, 5) is 4.60. The van der Waals surface area contributed by atoms with Gasteiger partial charge in [-0.15, -0.1) is 0 Å². The van der Waals surface area contributed by atoms with E-state index in [1.165, 1.54) is 7.11 Å². The number of nitrogens with zero attached hydrogens (tertiary/aromatic N) is 2. The van der Waals surface area contributed by atoms with Crippen LogP contribution in [0.15, 0.2) is 66.7 Å². The van der Waals surface area contributed by atoms with Gasteiger partial charge in [-0.05, 0) is 34.9 Å². The van der Waals surface area contributed by atoms with Crippen LogP contribution in [0.25, 0.3) is 33.5 Å². The van der Waals surface area contributed by atoms with E-state index < -0.39 is 0 Å². The zero-order valence-electron chi connectivity index (χ0n) is 14.9. The van der Waals surface area contributed by atoms with E-state index in [1.807, 2.05) is 36.4 Å². The van der Waals surface area contributed by atoms with Crippen molar-refractivity contribution < 1.29 is 4.74 Å². The van der Waals surface area contributed by atoms with E-state index in [1.54, 1.807) is 12.1 Å². The van der Waals surface area contributed by atoms with Crippen molar-refractivity contribution in [1.82, 2.24) is 4.98 Å². The van der Waals surface area contributed by atoms with Crippen LogP contribution in [0.5, 0.6) is 5.88 Å². The average Bonchev–Trinajstić information content (AvgIpc) is 2.97. The Labute approximate surface area is 173 Å². The number of benzene rings is 1. The van der Waals surface area contributed by atoms with Gasteiger partial charge < -0.3 is 4.74 Å². The van der Waals surface area contributed by atoms with Crippen LogP contribution in [-0.4, -0.2) is 12.1 Å². The normalized spacial score (nSPS) is 10.6. The molecule has 0 unspecified atom stereocenters. The smallest absolute Gasteiger partial charge is 0.232 e. The number of fused-ring (bicyclic) bond motifs is 1. The molecule has 4 rings (SSSR count). The van der Waals surface area contributed by atoms with Crippen molar-refractivity contribution in [1.29, 1.82) is 5.26 Å². The monoisotopic (exact) mass is 404 g/mol. The lowest BCUT2D eigenvalue weighted by Crippen LogP contribution is -1.97. The first-order valence-electron chi connectivity index (χ1n) is 8.55. The summed E-state index contributed by atoms with van der Waals surface area (Å²) >= 11 is 12.3. The van der Waals surface area contributed by atoms with Crippen molar-refractivity contribution >= 4 is 23.2 Å². The van der Waals surface area contributed by atoms with Gasteiger partial charge in [-0.2, -0.15) is 5.26 Å². The maximum absolute atomic E-state index is 9.71. The Hall–Kier alpha value is -3.06. The Morgan fingerprint density at radius 1 is 0.821 bits per heavy atom. The molecule has 0 spiro atoms. The van der Waals surface area contributed by atoms with E-state index in [0.717, 1.165) is 27.9 Å². The number of hydrogen-bond acceptors (Lipinski definition) is 3. The minimum absolute atomic E-state index is 0.274. The first kappa shape index (κ1) is 18.3. The summed E-state index contributed by atoms with van der Waals surface area (Å²) in [6.45, 7) is 0. The Balaban J connectivity index is 1.97. The highest BCUT2D eigenvalue weighted by Crippen LogP contribution is 2.39. The van der Waals surface area contributed by atoms with Crippen LogP contribution in [-0.2, 0) is 0 Å². The number of rotatable bonds is 3. The van der Waals surface area contributed by atoms with Crippen molar-refractivity contribution in [2.24, 2.45) is 0 Å². The highest BCUT2D eigenvalue weighted by atomic mass is 35.5. The lowest BCUT2D eigenvalue weighted by Gasteiger charge is -2.12. The molecule has 2 aliphatic rings. The van der Waals surface area contributed by atoms with Gasteiger partial charge in [-0.3, -0.25) is 0 Å². The number of halogens is 2. The SMILES string of the molecule is COc1nc(-c2ccc3cccccc2-3)cc(-c2ccc(Cl)c(Cl)c2)c1C#N. The molecule has 0 saturated heterocycles. The van der Waals surface area contributed by atoms with Crippen LogP contribution < -0.4 is 4.74 Å². The second-order valence-electron chi connectivity index (χ2n) is 6.21. The lowest BCUT2D eigenvalue weighted by atomic mass is 9.98. The van der Waals surface area contributed by atoms with Crippen molar-refractivity contribution in [2.75, 3.05) is 7.11 Å². The summed E-state index contributed by atoms with van der Waals surface area (Å²) < 4.78 is 5.43. The fraction of sp³-hybridized carbons (Fsp3) is 0.0435. The highest BCUT2D eigenvalue weighted by molar-refractivity contribution is 6.42. The fourth-order valence-electron chi connectivity index (χ4n) is 3.24. The third-order valence-corrected chi connectivity index (χ3v) is 5.33. The topological polar surface area (TPSA) is 45.9 Å². The third kappa shape index (κ3) is 3.18. The quantitative estimate of drug-likeness (QED) is 0.381. The third-order valence-electron chi connectivity index (χ3n) is 4.59. The Morgan fingerprint density at radius 2 is 1.61 bits per heavy atom. The number of nitriles is 1. The number of ether oxygens (including phenoxy) is 1. The summed E-state index contributed by atoms with van der Waals surface area (Å²) in [6, 6.07) is 23.5. The van der Waals surface area contributed by atoms with E-state index >= 15 is 0 Å². The molecule has 0 amide bonds. The van der Waals surface area contributed by atoms with E-state index in [4.69, 9.17) is 27.9 Å². The molecule has 3 nitrogen and oxygen atoms in total. The van der Waals surface area contributed by atoms with Crippen LogP contribution in [0.3, 0.4) is 0 Å². The van der Waals surface area contributed by atoms with Crippen LogP contribution >= 0.6 is 23.2 Å². The fourth-order valence-corrected chi connectivity index (χ4v) is 3.54. The zero-order chi connectivity index (χ0) is 19.7. The minimum Gasteiger partial charge on any atom is -0.480 e. The largest absolute Gasteiger partial charge is 0.480 e. The molecule has 2 aliphatic carbocycles. The van der Waals surface area contributed by atoms with Crippen molar-refractivity contribution in [3.05, 3.63) is 82.3 Å². The lowest BCUT2D eigenvalue weighted by molar-refractivity contribution is 0.397. The van der Waals surface area contributed by atoms with Crippen molar-refractivity contribution in [2.45, 2.75) is 0 Å². The molecule has 0 saturated carbocycles. The van der Waals surface area contributed by atoms with E-state index in [2.05, 4.69) is 29.3 Å². The van der Waals surface area contributed by atoms with Gasteiger partial charge in [-0.25, -0.2) is 4.98 Å². The summed E-state index contributed by atoms with van der Waals surface area (Å²) in [5.74, 6) is 0.274. The molecule has 136 valence electrons. The van der Waals surface area contributed by atoms with Crippen molar-refractivity contribution in [3.63, 3.8) is 0 Å². The maximum atomic E-state index is 9.71. The number of pyridine rings is 1. The molecule has 0 aliphatic heterocycles. The van der Waals surface area contributed by atoms with E-state index in [9.17, 15) is 5.26 Å². The summed E-state index contributed by atoms with van der Waals surface area (Å²) in [5.41, 5.74) is 5.69. The van der Waals surface area contributed by atoms with Gasteiger partial charge in [-0.1, -0.05) is 71.7 Å². The van der Waals surface area contributed by atoms with Crippen LogP contribution in [0.1, 0.15) is 5.56 Å². The second kappa shape index (κ2) is 7.52. The minimum atomic E-state index is 0.274. The zero-order valence-corrected chi connectivity index (χ0v) is 16.4. The predicted molar refractivity (Wildman–Crippen MR) is 113 cm³/mol. The molecule has 1 heterocycles. The summed E-state index contributed by atoms with van der Waals surface area (Å²) in [5, 5.41) is 10.6. The second-order valence-corrected chi connectivity index (χ2v) is 7.02. The van der Waals surface area contributed by atoms with Crippen molar-refractivity contribution in [3.8, 4) is 45.5 Å². The van der Waals surface area contributed by atoms with E-state index in [0.29, 0.717) is 21.2 Å². The molecule has 0 radical (unpaired) electrons.